The molecule has 0 unspecified atom stereocenters. The van der Waals surface area contributed by atoms with Gasteiger partial charge >= 0.3 is 0 Å². The first-order valence-corrected chi connectivity index (χ1v) is 10.8. The van der Waals surface area contributed by atoms with E-state index in [2.05, 4.69) is 15.0 Å². The van der Waals surface area contributed by atoms with Gasteiger partial charge in [0.05, 0.1) is 0 Å². The van der Waals surface area contributed by atoms with Crippen molar-refractivity contribution in [1.82, 2.24) is 15.0 Å². The highest BCUT2D eigenvalue weighted by atomic mass is 16.6. The number of hydrogen-bond donors (Lipinski definition) is 0. The third kappa shape index (κ3) is 4.46. The summed E-state index contributed by atoms with van der Waals surface area (Å²) in [6, 6.07) is 15.3. The zero-order valence-corrected chi connectivity index (χ0v) is 17.3. The Bertz CT molecular complexity index is 1040. The smallest absolute Gasteiger partial charge is 0.228 e. The zero-order chi connectivity index (χ0) is 21.0. The van der Waals surface area contributed by atoms with Crippen molar-refractivity contribution >= 4 is 5.78 Å². The molecule has 0 N–H and O–H groups in total. The quantitative estimate of drug-likeness (QED) is 0.565. The molecule has 2 aliphatic heterocycles. The fourth-order valence-electron chi connectivity index (χ4n) is 4.17. The Morgan fingerprint density at radius 2 is 1.77 bits per heavy atom. The van der Waals surface area contributed by atoms with Crippen molar-refractivity contribution in [2.45, 2.75) is 19.3 Å². The summed E-state index contributed by atoms with van der Waals surface area (Å²) in [5.41, 5.74) is 1.66. The number of ether oxygens (including phenoxy) is 2. The Labute approximate surface area is 181 Å². The summed E-state index contributed by atoms with van der Waals surface area (Å²) < 4.78 is 16.6. The number of piperidine rings is 1. The third-order valence-electron chi connectivity index (χ3n) is 5.93. The number of rotatable bonds is 6. The molecular formula is C24H25N3O4. The molecule has 0 atom stereocenters. The van der Waals surface area contributed by atoms with E-state index >= 15 is 0 Å². The summed E-state index contributed by atoms with van der Waals surface area (Å²) in [5, 5.41) is 4.08. The first-order chi connectivity index (χ1) is 15.3. The van der Waals surface area contributed by atoms with Gasteiger partial charge in [-0.1, -0.05) is 35.5 Å². The second-order valence-electron chi connectivity index (χ2n) is 7.97. The highest BCUT2D eigenvalue weighted by molar-refractivity contribution is 5.98. The average molecular weight is 419 g/mol. The number of hydrogen-bond acceptors (Lipinski definition) is 7. The van der Waals surface area contributed by atoms with Crippen LogP contribution in [0.25, 0.3) is 11.4 Å². The van der Waals surface area contributed by atoms with Gasteiger partial charge in [-0.25, -0.2) is 0 Å². The maximum absolute atomic E-state index is 13.0. The zero-order valence-electron chi connectivity index (χ0n) is 17.3. The maximum Gasteiger partial charge on any atom is 0.228 e. The van der Waals surface area contributed by atoms with E-state index in [0.29, 0.717) is 48.4 Å². The highest BCUT2D eigenvalue weighted by Gasteiger charge is 2.27. The Morgan fingerprint density at radius 1 is 1.00 bits per heavy atom. The van der Waals surface area contributed by atoms with E-state index < -0.39 is 0 Å². The third-order valence-corrected chi connectivity index (χ3v) is 5.93. The summed E-state index contributed by atoms with van der Waals surface area (Å²) in [5.74, 6) is 2.90. The number of Topliss-reactive ketones (excluding diaryl/α,β-unsaturated/α-hetero) is 1. The van der Waals surface area contributed by atoms with Crippen molar-refractivity contribution in [3.05, 3.63) is 60.0 Å². The number of carbonyl (C=O) groups excluding carboxylic acids is 1. The maximum atomic E-state index is 13.0. The van der Waals surface area contributed by atoms with Gasteiger partial charge < -0.3 is 18.9 Å². The number of carbonyl (C=O) groups is 1. The minimum Gasteiger partial charge on any atom is -0.486 e. The van der Waals surface area contributed by atoms with Crippen molar-refractivity contribution in [2.24, 2.45) is 5.92 Å². The average Bonchev–Trinajstić information content (AvgIpc) is 3.32. The second-order valence-corrected chi connectivity index (χ2v) is 7.97. The molecule has 7 heteroatoms. The minimum absolute atomic E-state index is 0.0481. The molecule has 7 nitrogen and oxygen atoms in total. The Morgan fingerprint density at radius 3 is 2.58 bits per heavy atom. The van der Waals surface area contributed by atoms with Crippen molar-refractivity contribution < 1.29 is 18.8 Å². The van der Waals surface area contributed by atoms with Gasteiger partial charge in [0.25, 0.3) is 0 Å². The van der Waals surface area contributed by atoms with Crippen LogP contribution < -0.4 is 9.47 Å². The van der Waals surface area contributed by atoms with Crippen LogP contribution in [0.1, 0.15) is 29.1 Å². The van der Waals surface area contributed by atoms with E-state index in [1.54, 1.807) is 0 Å². The van der Waals surface area contributed by atoms with Crippen LogP contribution in [0.4, 0.5) is 0 Å². The SMILES string of the molecule is O=C(c1ccc2c(c1)OCCO2)C1CCN(CCc2nc(-c3ccccc3)no2)CC1. The largest absolute Gasteiger partial charge is 0.486 e. The number of nitrogens with zero attached hydrogens (tertiary/aromatic N) is 3. The Hall–Kier alpha value is -3.19. The Kier molecular flexibility index (Phi) is 5.67. The first-order valence-electron chi connectivity index (χ1n) is 10.8. The molecule has 0 amide bonds. The molecule has 1 saturated heterocycles. The Balaban J connectivity index is 1.12. The fraction of sp³-hybridized carbons (Fsp3) is 0.375. The van der Waals surface area contributed by atoms with E-state index in [1.165, 1.54) is 0 Å². The van der Waals surface area contributed by atoms with E-state index in [4.69, 9.17) is 14.0 Å². The van der Waals surface area contributed by atoms with Crippen LogP contribution in [0, 0.1) is 5.92 Å². The van der Waals surface area contributed by atoms with Gasteiger partial charge in [-0.05, 0) is 44.1 Å². The molecule has 1 aromatic heterocycles. The fourth-order valence-corrected chi connectivity index (χ4v) is 4.17. The van der Waals surface area contributed by atoms with Crippen LogP contribution in [0.15, 0.2) is 53.1 Å². The van der Waals surface area contributed by atoms with Gasteiger partial charge in [-0.15, -0.1) is 0 Å². The monoisotopic (exact) mass is 419 g/mol. The number of aromatic nitrogens is 2. The summed E-state index contributed by atoms with van der Waals surface area (Å²) in [4.78, 5) is 19.8. The lowest BCUT2D eigenvalue weighted by molar-refractivity contribution is 0.0838. The number of likely N-dealkylation sites (tertiary alicyclic amines) is 1. The van der Waals surface area contributed by atoms with Crippen LogP contribution in [0.3, 0.4) is 0 Å². The molecule has 0 bridgehead atoms. The van der Waals surface area contributed by atoms with Crippen molar-refractivity contribution in [3.63, 3.8) is 0 Å². The molecule has 1 fully saturated rings. The lowest BCUT2D eigenvalue weighted by atomic mass is 9.88. The highest BCUT2D eigenvalue weighted by Crippen LogP contribution is 2.32. The van der Waals surface area contributed by atoms with Crippen LogP contribution in [-0.2, 0) is 6.42 Å². The molecule has 5 rings (SSSR count). The lowest BCUT2D eigenvalue weighted by Crippen LogP contribution is -2.37. The van der Waals surface area contributed by atoms with Crippen LogP contribution >= 0.6 is 0 Å². The summed E-state index contributed by atoms with van der Waals surface area (Å²) in [7, 11) is 0. The van der Waals surface area contributed by atoms with E-state index in [9.17, 15) is 4.79 Å². The summed E-state index contributed by atoms with van der Waals surface area (Å²) in [6.07, 6.45) is 2.42. The summed E-state index contributed by atoms with van der Waals surface area (Å²) >= 11 is 0. The molecule has 31 heavy (non-hydrogen) atoms. The van der Waals surface area contributed by atoms with Gasteiger partial charge in [0.2, 0.25) is 11.7 Å². The number of fused-ring (bicyclic) bond motifs is 1. The number of ketones is 1. The second kappa shape index (κ2) is 8.89. The van der Waals surface area contributed by atoms with Crippen LogP contribution in [-0.4, -0.2) is 53.7 Å². The molecule has 2 aliphatic rings. The topological polar surface area (TPSA) is 77.7 Å². The van der Waals surface area contributed by atoms with Gasteiger partial charge in [0.1, 0.15) is 13.2 Å². The standard InChI is InChI=1S/C24H25N3O4/c28-23(19-6-7-20-21(16-19)30-15-14-29-20)17-8-11-27(12-9-17)13-10-22-25-24(26-31-22)18-4-2-1-3-5-18/h1-7,16-17H,8-15H2. The predicted molar refractivity (Wildman–Crippen MR) is 114 cm³/mol. The molecule has 0 saturated carbocycles. The normalized spacial score (nSPS) is 16.9. The molecule has 0 radical (unpaired) electrons. The van der Waals surface area contributed by atoms with Crippen molar-refractivity contribution in [2.75, 3.05) is 32.8 Å². The van der Waals surface area contributed by atoms with E-state index in [1.807, 2.05) is 48.5 Å². The van der Waals surface area contributed by atoms with Gasteiger partial charge in [0.15, 0.2) is 17.3 Å². The van der Waals surface area contributed by atoms with Crippen LogP contribution in [0.2, 0.25) is 0 Å². The van der Waals surface area contributed by atoms with Crippen molar-refractivity contribution in [1.29, 1.82) is 0 Å². The summed E-state index contributed by atoms with van der Waals surface area (Å²) in [6.45, 7) is 3.70. The number of benzene rings is 2. The van der Waals surface area contributed by atoms with Gasteiger partial charge in [-0.3, -0.25) is 4.79 Å². The van der Waals surface area contributed by atoms with E-state index in [0.717, 1.165) is 38.0 Å². The lowest BCUT2D eigenvalue weighted by Gasteiger charge is -2.31. The van der Waals surface area contributed by atoms with Crippen molar-refractivity contribution in [3.8, 4) is 22.9 Å². The van der Waals surface area contributed by atoms with Crippen LogP contribution in [0.5, 0.6) is 11.5 Å². The molecule has 0 spiro atoms. The minimum atomic E-state index is 0.0481. The van der Waals surface area contributed by atoms with Gasteiger partial charge in [-0.2, -0.15) is 4.98 Å². The van der Waals surface area contributed by atoms with Gasteiger partial charge in [0, 0.05) is 30.0 Å². The molecule has 160 valence electrons. The molecule has 3 aromatic rings. The molecule has 3 heterocycles. The molecule has 0 aliphatic carbocycles. The first kappa shape index (κ1) is 19.8. The molecule has 2 aromatic carbocycles. The van der Waals surface area contributed by atoms with E-state index in [-0.39, 0.29) is 11.7 Å². The predicted octanol–water partition coefficient (Wildman–Crippen LogP) is 3.65. The molecular weight excluding hydrogens is 394 g/mol.